The molecule has 3 N–H and O–H groups in total. The van der Waals surface area contributed by atoms with Crippen LogP contribution in [-0.2, 0) is 6.54 Å². The number of aromatic nitrogens is 1. The molecule has 0 aliphatic rings. The first-order valence-corrected chi connectivity index (χ1v) is 5.35. The molecular weight excluding hydrogens is 231 g/mol. The fourth-order valence-electron chi connectivity index (χ4n) is 1.53. The van der Waals surface area contributed by atoms with Crippen molar-refractivity contribution in [3.63, 3.8) is 0 Å². The van der Waals surface area contributed by atoms with Crippen LogP contribution in [0.3, 0.4) is 0 Å². The lowest BCUT2D eigenvalue weighted by Gasteiger charge is -2.08. The largest absolute Gasteiger partial charge is 0.353 e. The number of hydrogen-bond acceptors (Lipinski definition) is 4. The third-order valence-electron chi connectivity index (χ3n) is 2.44. The van der Waals surface area contributed by atoms with E-state index in [1.807, 2.05) is 0 Å². The quantitative estimate of drug-likeness (QED) is 0.866. The molecule has 2 aromatic rings. The van der Waals surface area contributed by atoms with Gasteiger partial charge in [-0.15, -0.1) is 0 Å². The minimum Gasteiger partial charge on any atom is -0.353 e. The molecule has 0 aliphatic heterocycles. The Morgan fingerprint density at radius 2 is 2.17 bits per heavy atom. The lowest BCUT2D eigenvalue weighted by molar-refractivity contribution is 0.600. The van der Waals surface area contributed by atoms with Crippen LogP contribution >= 0.6 is 0 Å². The number of halogens is 1. The Bertz CT molecular complexity index is 604. The van der Waals surface area contributed by atoms with Crippen molar-refractivity contribution in [2.75, 3.05) is 5.32 Å². The lowest BCUT2D eigenvalue weighted by atomic mass is 10.2. The molecule has 0 fully saturated rings. The summed E-state index contributed by atoms with van der Waals surface area (Å²) in [5.41, 5.74) is 7.13. The Kier molecular flexibility index (Phi) is 3.51. The Hall–Kier alpha value is -2.45. The summed E-state index contributed by atoms with van der Waals surface area (Å²) < 4.78 is 13.5. The van der Waals surface area contributed by atoms with Gasteiger partial charge in [0.25, 0.3) is 0 Å². The first-order chi connectivity index (χ1) is 8.74. The highest BCUT2D eigenvalue weighted by Gasteiger charge is 2.05. The SMILES string of the molecule is N#Cc1ccccc1Nc1cnc(CN)c(F)c1. The molecule has 0 saturated carbocycles. The Morgan fingerprint density at radius 1 is 1.39 bits per heavy atom. The Labute approximate surface area is 104 Å². The normalized spacial score (nSPS) is 9.83. The summed E-state index contributed by atoms with van der Waals surface area (Å²) in [5, 5.41) is 11.9. The summed E-state index contributed by atoms with van der Waals surface area (Å²) >= 11 is 0. The van der Waals surface area contributed by atoms with Crippen LogP contribution in [0, 0.1) is 17.1 Å². The van der Waals surface area contributed by atoms with E-state index in [4.69, 9.17) is 11.0 Å². The van der Waals surface area contributed by atoms with E-state index in [0.717, 1.165) is 0 Å². The molecule has 0 saturated heterocycles. The zero-order chi connectivity index (χ0) is 13.0. The van der Waals surface area contributed by atoms with Crippen molar-refractivity contribution in [1.82, 2.24) is 4.98 Å². The van der Waals surface area contributed by atoms with Crippen LogP contribution in [0.15, 0.2) is 36.5 Å². The smallest absolute Gasteiger partial charge is 0.148 e. The van der Waals surface area contributed by atoms with Gasteiger partial charge in [-0.05, 0) is 12.1 Å². The summed E-state index contributed by atoms with van der Waals surface area (Å²) in [6.45, 7) is 0.0564. The molecule has 2 rings (SSSR count). The van der Waals surface area contributed by atoms with Gasteiger partial charge in [0.2, 0.25) is 0 Å². The summed E-state index contributed by atoms with van der Waals surface area (Å²) in [5.74, 6) is -0.461. The average molecular weight is 242 g/mol. The molecule has 1 heterocycles. The van der Waals surface area contributed by atoms with Gasteiger partial charge in [-0.2, -0.15) is 5.26 Å². The molecule has 90 valence electrons. The first-order valence-electron chi connectivity index (χ1n) is 5.35. The van der Waals surface area contributed by atoms with E-state index >= 15 is 0 Å². The van der Waals surface area contributed by atoms with Crippen LogP contribution < -0.4 is 11.1 Å². The van der Waals surface area contributed by atoms with Crippen molar-refractivity contribution in [3.05, 3.63) is 53.6 Å². The van der Waals surface area contributed by atoms with Crippen molar-refractivity contribution < 1.29 is 4.39 Å². The zero-order valence-electron chi connectivity index (χ0n) is 9.52. The third-order valence-corrected chi connectivity index (χ3v) is 2.44. The van der Waals surface area contributed by atoms with Crippen molar-refractivity contribution in [3.8, 4) is 6.07 Å². The van der Waals surface area contributed by atoms with Gasteiger partial charge in [0.15, 0.2) is 0 Å². The summed E-state index contributed by atoms with van der Waals surface area (Å²) in [6.07, 6.45) is 1.49. The lowest BCUT2D eigenvalue weighted by Crippen LogP contribution is -2.04. The number of hydrogen-bond donors (Lipinski definition) is 2. The van der Waals surface area contributed by atoms with Gasteiger partial charge in [-0.1, -0.05) is 12.1 Å². The molecule has 0 amide bonds. The van der Waals surface area contributed by atoms with Crippen LogP contribution in [0.25, 0.3) is 0 Å². The summed E-state index contributed by atoms with van der Waals surface area (Å²) in [6, 6.07) is 10.3. The number of rotatable bonds is 3. The van der Waals surface area contributed by atoms with Crippen molar-refractivity contribution in [1.29, 1.82) is 5.26 Å². The summed E-state index contributed by atoms with van der Waals surface area (Å²) in [4.78, 5) is 3.90. The average Bonchev–Trinajstić information content (AvgIpc) is 2.39. The van der Waals surface area contributed by atoms with E-state index in [-0.39, 0.29) is 12.2 Å². The molecule has 0 bridgehead atoms. The number of nitriles is 1. The number of benzene rings is 1. The van der Waals surface area contributed by atoms with Crippen molar-refractivity contribution >= 4 is 11.4 Å². The van der Waals surface area contributed by atoms with Crippen molar-refractivity contribution in [2.45, 2.75) is 6.54 Å². The summed E-state index contributed by atoms with van der Waals surface area (Å²) in [7, 11) is 0. The molecule has 1 aromatic carbocycles. The predicted octanol–water partition coefficient (Wildman–Crippen LogP) is 2.29. The van der Waals surface area contributed by atoms with Crippen LogP contribution in [0.1, 0.15) is 11.3 Å². The molecule has 5 heteroatoms. The topological polar surface area (TPSA) is 74.7 Å². The van der Waals surface area contributed by atoms with Gasteiger partial charge in [0.1, 0.15) is 11.9 Å². The molecule has 0 radical (unpaired) electrons. The number of anilines is 2. The number of pyridine rings is 1. The number of nitrogens with one attached hydrogen (secondary N) is 1. The maximum Gasteiger partial charge on any atom is 0.148 e. The minimum atomic E-state index is -0.461. The maximum atomic E-state index is 13.5. The van der Waals surface area contributed by atoms with Gasteiger partial charge in [-0.25, -0.2) is 4.39 Å². The first kappa shape index (κ1) is 12.0. The van der Waals surface area contributed by atoms with E-state index in [1.54, 1.807) is 24.3 Å². The van der Waals surface area contributed by atoms with Gasteiger partial charge in [0.05, 0.1) is 28.8 Å². The van der Waals surface area contributed by atoms with Gasteiger partial charge in [0, 0.05) is 12.6 Å². The molecule has 0 unspecified atom stereocenters. The zero-order valence-corrected chi connectivity index (χ0v) is 9.52. The van der Waals surface area contributed by atoms with E-state index < -0.39 is 5.82 Å². The standard InChI is InChI=1S/C13H11FN4/c14-11-5-10(8-17-13(11)7-16)18-12-4-2-1-3-9(12)6-15/h1-5,8,18H,7,16H2. The molecule has 0 atom stereocenters. The molecule has 4 nitrogen and oxygen atoms in total. The van der Waals surface area contributed by atoms with E-state index in [1.165, 1.54) is 12.3 Å². The predicted molar refractivity (Wildman–Crippen MR) is 66.5 cm³/mol. The molecule has 18 heavy (non-hydrogen) atoms. The molecule has 0 aliphatic carbocycles. The van der Waals surface area contributed by atoms with Gasteiger partial charge in [-0.3, -0.25) is 4.98 Å². The highest BCUT2D eigenvalue weighted by molar-refractivity contribution is 5.65. The van der Waals surface area contributed by atoms with Crippen LogP contribution in [0.2, 0.25) is 0 Å². The number of nitrogens with zero attached hydrogens (tertiary/aromatic N) is 2. The second kappa shape index (κ2) is 5.25. The Morgan fingerprint density at radius 3 is 2.83 bits per heavy atom. The minimum absolute atomic E-state index is 0.0564. The third kappa shape index (κ3) is 2.44. The fourth-order valence-corrected chi connectivity index (χ4v) is 1.53. The van der Waals surface area contributed by atoms with E-state index in [9.17, 15) is 4.39 Å². The van der Waals surface area contributed by atoms with Gasteiger partial charge < -0.3 is 11.1 Å². The van der Waals surface area contributed by atoms with Crippen LogP contribution in [0.5, 0.6) is 0 Å². The second-order valence-electron chi connectivity index (χ2n) is 3.64. The monoisotopic (exact) mass is 242 g/mol. The highest BCUT2D eigenvalue weighted by atomic mass is 19.1. The van der Waals surface area contributed by atoms with Crippen LogP contribution in [0.4, 0.5) is 15.8 Å². The van der Waals surface area contributed by atoms with E-state index in [2.05, 4.69) is 16.4 Å². The molecule has 1 aromatic heterocycles. The van der Waals surface area contributed by atoms with Gasteiger partial charge >= 0.3 is 0 Å². The number of nitrogens with two attached hydrogens (primary N) is 1. The molecule has 0 spiro atoms. The second-order valence-corrected chi connectivity index (χ2v) is 3.64. The number of para-hydroxylation sites is 1. The van der Waals surface area contributed by atoms with Crippen molar-refractivity contribution in [2.24, 2.45) is 5.73 Å². The highest BCUT2D eigenvalue weighted by Crippen LogP contribution is 2.20. The maximum absolute atomic E-state index is 13.5. The van der Waals surface area contributed by atoms with Crippen LogP contribution in [-0.4, -0.2) is 4.98 Å². The van der Waals surface area contributed by atoms with E-state index in [0.29, 0.717) is 16.9 Å². The Balaban J connectivity index is 2.29. The molecular formula is C13H11FN4. The fraction of sp³-hybridized carbons (Fsp3) is 0.0769.